The van der Waals surface area contributed by atoms with Crippen molar-refractivity contribution in [1.29, 1.82) is 0 Å². The van der Waals surface area contributed by atoms with Crippen LogP contribution in [0.25, 0.3) is 0 Å². The van der Waals surface area contributed by atoms with Crippen molar-refractivity contribution < 1.29 is 116 Å². The molecule has 24 heteroatoms. The van der Waals surface area contributed by atoms with E-state index < -0.39 is 189 Å². The van der Waals surface area contributed by atoms with Crippen LogP contribution in [0.15, 0.2) is 46.0 Å². The third-order valence-corrected chi connectivity index (χ3v) is 20.1. The molecule has 4 saturated carbocycles. The topological polar surface area (TPSA) is 344 Å². The zero-order valence-corrected chi connectivity index (χ0v) is 46.6. The number of carbonyl (C=O) groups is 10. The van der Waals surface area contributed by atoms with Crippen LogP contribution >= 0.6 is 0 Å². The van der Waals surface area contributed by atoms with Gasteiger partial charge in [0.2, 0.25) is 23.4 Å². The molecule has 6 aliphatic carbocycles. The van der Waals surface area contributed by atoms with Crippen molar-refractivity contribution in [1.82, 2.24) is 0 Å². The molecule has 4 aliphatic heterocycles. The number of ketones is 2. The van der Waals surface area contributed by atoms with Crippen LogP contribution < -0.4 is 0 Å². The second-order valence-electron chi connectivity index (χ2n) is 24.8. The Morgan fingerprint density at radius 3 is 1.27 bits per heavy atom. The van der Waals surface area contributed by atoms with Crippen LogP contribution in [0.4, 0.5) is 0 Å². The van der Waals surface area contributed by atoms with Crippen LogP contribution in [0.1, 0.15) is 100 Å². The summed E-state index contributed by atoms with van der Waals surface area (Å²) in [6.07, 6.45) is -13.0. The smallest absolute Gasteiger partial charge is 0.348 e. The molecule has 4 saturated heterocycles. The average Bonchev–Trinajstić information content (AvgIpc) is 2.03. The van der Waals surface area contributed by atoms with Crippen molar-refractivity contribution in [2.45, 2.75) is 160 Å². The van der Waals surface area contributed by atoms with Gasteiger partial charge in [-0.05, 0) is 94.6 Å². The lowest BCUT2D eigenvalue weighted by molar-refractivity contribution is -0.290. The van der Waals surface area contributed by atoms with Gasteiger partial charge in [0.1, 0.15) is 24.4 Å². The predicted molar refractivity (Wildman–Crippen MR) is 266 cm³/mol. The molecular formula is C57H68O24. The molecule has 2 spiro atoms. The van der Waals surface area contributed by atoms with E-state index in [1.165, 1.54) is 0 Å². The number of methoxy groups -OCH3 is 2. The first-order chi connectivity index (χ1) is 38.0. The Morgan fingerprint density at radius 2 is 0.938 bits per heavy atom. The number of aliphatic hydroxyl groups is 4. The van der Waals surface area contributed by atoms with E-state index in [1.54, 1.807) is 55.4 Å². The first kappa shape index (κ1) is 58.0. The fourth-order valence-corrected chi connectivity index (χ4v) is 17.5. The molecule has 0 radical (unpaired) electrons. The molecule has 4 N–H and O–H groups in total. The number of aliphatic hydroxyl groups excluding tert-OH is 4. The first-order valence-corrected chi connectivity index (χ1v) is 27.2. The van der Waals surface area contributed by atoms with Gasteiger partial charge in [-0.3, -0.25) is 19.2 Å². The molecule has 0 amide bonds. The number of carbonyl (C=O) groups excluding carboxylic acids is 10. The lowest BCUT2D eigenvalue weighted by Crippen LogP contribution is -2.79. The summed E-state index contributed by atoms with van der Waals surface area (Å²) in [5.41, 5.74) is -8.69. The second-order valence-corrected chi connectivity index (χ2v) is 24.8. The lowest BCUT2D eigenvalue weighted by Gasteiger charge is -2.67. The van der Waals surface area contributed by atoms with Crippen LogP contribution in [-0.4, -0.2) is 167 Å². The van der Waals surface area contributed by atoms with E-state index in [0.29, 0.717) is 11.1 Å². The van der Waals surface area contributed by atoms with E-state index in [4.69, 9.17) is 47.4 Å². The molecule has 81 heavy (non-hydrogen) atoms. The van der Waals surface area contributed by atoms with E-state index in [2.05, 4.69) is 0 Å². The molecular weight excluding hydrogens is 1070 g/mol. The molecule has 10 rings (SSSR count). The highest BCUT2D eigenvalue weighted by molar-refractivity contribution is 5.99. The molecule has 4 bridgehead atoms. The molecule has 0 aromatic heterocycles. The number of Topliss-reactive ketones (excluding diaryl/α,β-unsaturated/α-hetero) is 2. The summed E-state index contributed by atoms with van der Waals surface area (Å²) in [7, 11) is 2.08. The summed E-state index contributed by atoms with van der Waals surface area (Å²) < 4.78 is 57.5. The fraction of sp³-hybridized carbons (Fsp3) is 0.684. The second kappa shape index (κ2) is 19.7. The van der Waals surface area contributed by atoms with Crippen LogP contribution in [-0.2, 0) is 95.3 Å². The molecule has 0 aromatic carbocycles. The number of rotatable bonds is 12. The first-order valence-electron chi connectivity index (χ1n) is 27.2. The highest BCUT2D eigenvalue weighted by Crippen LogP contribution is 2.75. The zero-order chi connectivity index (χ0) is 59.2. The van der Waals surface area contributed by atoms with E-state index in [0.717, 1.165) is 26.4 Å². The monoisotopic (exact) mass is 1140 g/mol. The lowest BCUT2D eigenvalue weighted by atomic mass is 9.38. The van der Waals surface area contributed by atoms with E-state index in [9.17, 15) is 68.4 Å². The molecule has 4 heterocycles. The van der Waals surface area contributed by atoms with Crippen molar-refractivity contribution >= 4 is 59.3 Å². The maximum atomic E-state index is 14.3. The highest BCUT2D eigenvalue weighted by atomic mass is 16.6. The van der Waals surface area contributed by atoms with Crippen molar-refractivity contribution in [2.24, 2.45) is 57.2 Å². The van der Waals surface area contributed by atoms with E-state index in [1.807, 2.05) is 0 Å². The van der Waals surface area contributed by atoms with Crippen LogP contribution in [0.5, 0.6) is 0 Å². The van der Waals surface area contributed by atoms with Gasteiger partial charge in [0, 0.05) is 60.5 Å². The molecule has 24 nitrogen and oxygen atoms in total. The Kier molecular flexibility index (Phi) is 14.1. The third-order valence-electron chi connectivity index (χ3n) is 20.1. The van der Waals surface area contributed by atoms with Crippen LogP contribution in [0.3, 0.4) is 0 Å². The van der Waals surface area contributed by atoms with Gasteiger partial charge in [0.15, 0.2) is 23.1 Å². The highest BCUT2D eigenvalue weighted by Gasteiger charge is 2.87. The SMILES string of the molecule is COC(=O)C12OCC34C(CC5C(C)=C(OC(=O)CCCC(=O)OC6=C(C)C7CC8OC(=O)C(OC(=O)C=C(C)C)C9C%10(C(=O)OC)OCC89C(C(O)C%10O)C7(C)CC6=O)C(=O)CC5(C)C3C(O)C1O)OC(=O)C(OC(=O)C=C(C)C)C24. The number of hydrogen-bond acceptors (Lipinski definition) is 24. The van der Waals surface area contributed by atoms with Gasteiger partial charge in [0.05, 0.1) is 51.5 Å². The van der Waals surface area contributed by atoms with Crippen molar-refractivity contribution in [2.75, 3.05) is 27.4 Å². The quantitative estimate of drug-likeness (QED) is 0.121. The van der Waals surface area contributed by atoms with E-state index >= 15 is 0 Å². The van der Waals surface area contributed by atoms with Gasteiger partial charge in [-0.1, -0.05) is 25.0 Å². The zero-order valence-electron chi connectivity index (χ0n) is 46.6. The van der Waals surface area contributed by atoms with Gasteiger partial charge >= 0.3 is 47.8 Å². The van der Waals surface area contributed by atoms with Crippen LogP contribution in [0, 0.1) is 57.2 Å². The Hall–Kier alpha value is -6.18. The Bertz CT molecular complexity index is 2770. The minimum Gasteiger partial charge on any atom is -0.467 e. The number of esters is 8. The molecule has 8 fully saturated rings. The summed E-state index contributed by atoms with van der Waals surface area (Å²) in [5, 5.41) is 48.3. The van der Waals surface area contributed by atoms with Gasteiger partial charge < -0.3 is 67.8 Å². The summed E-state index contributed by atoms with van der Waals surface area (Å²) in [5.74, 6) is -16.5. The maximum absolute atomic E-state index is 14.3. The predicted octanol–water partition coefficient (Wildman–Crippen LogP) is 1.19. The van der Waals surface area contributed by atoms with Crippen molar-refractivity contribution in [3.05, 3.63) is 46.0 Å². The van der Waals surface area contributed by atoms with Gasteiger partial charge in [0.25, 0.3) is 0 Å². The van der Waals surface area contributed by atoms with Gasteiger partial charge in [-0.2, -0.15) is 0 Å². The van der Waals surface area contributed by atoms with E-state index in [-0.39, 0.29) is 68.0 Å². The Labute approximate surface area is 464 Å². The van der Waals surface area contributed by atoms with Gasteiger partial charge in [-0.15, -0.1) is 0 Å². The van der Waals surface area contributed by atoms with Gasteiger partial charge in [-0.25, -0.2) is 28.8 Å². The summed E-state index contributed by atoms with van der Waals surface area (Å²) in [4.78, 5) is 137. The summed E-state index contributed by atoms with van der Waals surface area (Å²) in [6, 6.07) is 0. The molecule has 10 aliphatic rings. The van der Waals surface area contributed by atoms with Crippen molar-refractivity contribution in [3.63, 3.8) is 0 Å². The number of allylic oxidation sites excluding steroid dienone is 6. The van der Waals surface area contributed by atoms with Crippen LogP contribution in [0.2, 0.25) is 0 Å². The Balaban J connectivity index is 0.849. The third kappa shape index (κ3) is 7.88. The van der Waals surface area contributed by atoms with Crippen molar-refractivity contribution in [3.8, 4) is 0 Å². The molecule has 20 atom stereocenters. The molecule has 20 unspecified atom stereocenters. The molecule has 440 valence electrons. The number of ether oxygens (including phenoxy) is 10. The largest absolute Gasteiger partial charge is 0.467 e. The standard InChI is InChI=1S/C57H68O24/c1-22(2)14-34(62)80-40-44-54-20-74-56(44,50(70)72-9)46(66)36(64)42(54)52(7)18-28(58)38(24(5)26(52)16-30(54)76-48(40)68)78-32(60)12-11-13-33(61)79-39-25(6)27-17-31-55-21-75-57(51(71)73-10,47(67)37(65)43(55)53(27,8)19-29(39)59)45(55)41(49(69)77-31)81-35(63)15-23(3)4/h14-15,26-27,30-31,36-37,40-47,64-67H,11-13,16-21H2,1-10H3. The minimum absolute atomic E-state index is 0.0251. The summed E-state index contributed by atoms with van der Waals surface area (Å²) in [6.45, 7) is 12.3. The normalized spacial score (nSPS) is 43.0. The average molecular weight is 1140 g/mol. The maximum Gasteiger partial charge on any atom is 0.348 e. The Morgan fingerprint density at radius 1 is 0.580 bits per heavy atom. The number of hydrogen-bond donors (Lipinski definition) is 4. The fourth-order valence-electron chi connectivity index (χ4n) is 17.5. The molecule has 0 aromatic rings. The minimum atomic E-state index is -2.38. The number of fused-ring (bicyclic) bond motifs is 4. The summed E-state index contributed by atoms with van der Waals surface area (Å²) >= 11 is 0.